The van der Waals surface area contributed by atoms with E-state index < -0.39 is 6.61 Å². The van der Waals surface area contributed by atoms with Crippen molar-refractivity contribution in [1.82, 2.24) is 10.2 Å². The number of nitrogens with one attached hydrogen (secondary N) is 1. The van der Waals surface area contributed by atoms with E-state index in [1.807, 2.05) is 12.1 Å². The second kappa shape index (κ2) is 9.54. The maximum Gasteiger partial charge on any atom is 0.387 e. The summed E-state index contributed by atoms with van der Waals surface area (Å²) < 4.78 is 29.7. The van der Waals surface area contributed by atoms with E-state index in [0.717, 1.165) is 31.7 Å². The molecule has 1 aromatic carbocycles. The van der Waals surface area contributed by atoms with Gasteiger partial charge in [0.2, 0.25) is 0 Å². The standard InChI is InChI=1S/C18H26F2N2O.ClH/c19-18(20)23-16-8-4-7-15(13-16)17(14-5-2-1-3-6-14)22-11-9-21-10-12-22;/h4,7-8,13-14,17-18,21H,1-3,5-6,9-12H2;1H/t17-;/m0./s1. The fourth-order valence-electron chi connectivity index (χ4n) is 4.07. The molecule has 1 saturated heterocycles. The largest absolute Gasteiger partial charge is 0.435 e. The molecule has 0 spiro atoms. The van der Waals surface area contributed by atoms with Gasteiger partial charge >= 0.3 is 6.61 Å². The third-order valence-corrected chi connectivity index (χ3v) is 5.07. The third-order valence-electron chi connectivity index (χ3n) is 5.07. The van der Waals surface area contributed by atoms with E-state index in [2.05, 4.69) is 21.0 Å². The molecule has 1 heterocycles. The van der Waals surface area contributed by atoms with Gasteiger partial charge in [0.15, 0.2) is 0 Å². The van der Waals surface area contributed by atoms with Crippen LogP contribution in [0.2, 0.25) is 0 Å². The summed E-state index contributed by atoms with van der Waals surface area (Å²) in [6.07, 6.45) is 6.34. The summed E-state index contributed by atoms with van der Waals surface area (Å²) in [5.74, 6) is 0.886. The highest BCUT2D eigenvalue weighted by molar-refractivity contribution is 5.85. The predicted molar refractivity (Wildman–Crippen MR) is 94.1 cm³/mol. The molecule has 3 nitrogen and oxygen atoms in total. The lowest BCUT2D eigenvalue weighted by molar-refractivity contribution is -0.0499. The summed E-state index contributed by atoms with van der Waals surface area (Å²) in [5, 5.41) is 3.40. The number of hydrogen-bond donors (Lipinski definition) is 1. The van der Waals surface area contributed by atoms with Crippen molar-refractivity contribution in [2.75, 3.05) is 26.2 Å². The second-order valence-corrected chi connectivity index (χ2v) is 6.58. The molecule has 1 aromatic rings. The van der Waals surface area contributed by atoms with E-state index in [1.54, 1.807) is 6.07 Å². The molecule has 2 aliphatic rings. The van der Waals surface area contributed by atoms with Crippen LogP contribution in [0.4, 0.5) is 8.78 Å². The average molecular weight is 361 g/mol. The van der Waals surface area contributed by atoms with Crippen LogP contribution in [0.5, 0.6) is 5.75 Å². The van der Waals surface area contributed by atoms with Crippen LogP contribution in [0.3, 0.4) is 0 Å². The van der Waals surface area contributed by atoms with Crippen LogP contribution < -0.4 is 10.1 Å². The quantitative estimate of drug-likeness (QED) is 0.850. The first-order chi connectivity index (χ1) is 11.2. The Morgan fingerprint density at radius 2 is 1.79 bits per heavy atom. The Bertz CT molecular complexity index is 474. The van der Waals surface area contributed by atoms with Crippen molar-refractivity contribution in [2.24, 2.45) is 5.92 Å². The van der Waals surface area contributed by atoms with E-state index in [-0.39, 0.29) is 18.2 Å². The van der Waals surface area contributed by atoms with Gasteiger partial charge in [-0.25, -0.2) is 0 Å². The predicted octanol–water partition coefficient (Wildman–Crippen LogP) is 4.24. The fraction of sp³-hybridized carbons (Fsp3) is 0.667. The Morgan fingerprint density at radius 3 is 2.46 bits per heavy atom. The van der Waals surface area contributed by atoms with Gasteiger partial charge in [0.05, 0.1) is 0 Å². The topological polar surface area (TPSA) is 24.5 Å². The molecule has 1 atom stereocenters. The molecule has 0 unspecified atom stereocenters. The highest BCUT2D eigenvalue weighted by Crippen LogP contribution is 2.39. The number of alkyl halides is 2. The zero-order valence-electron chi connectivity index (χ0n) is 13.9. The zero-order chi connectivity index (χ0) is 16.1. The number of rotatable bonds is 5. The van der Waals surface area contributed by atoms with Crippen molar-refractivity contribution in [1.29, 1.82) is 0 Å². The van der Waals surface area contributed by atoms with Gasteiger partial charge in [-0.05, 0) is 36.5 Å². The number of hydrogen-bond acceptors (Lipinski definition) is 3. The minimum Gasteiger partial charge on any atom is -0.435 e. The highest BCUT2D eigenvalue weighted by atomic mass is 35.5. The van der Waals surface area contributed by atoms with Crippen molar-refractivity contribution in [3.8, 4) is 5.75 Å². The molecule has 0 aromatic heterocycles. The lowest BCUT2D eigenvalue weighted by Crippen LogP contribution is -2.47. The summed E-state index contributed by atoms with van der Waals surface area (Å²) in [7, 11) is 0. The fourth-order valence-corrected chi connectivity index (χ4v) is 4.07. The van der Waals surface area contributed by atoms with Gasteiger partial charge in [-0.3, -0.25) is 4.90 Å². The van der Waals surface area contributed by atoms with Gasteiger partial charge in [-0.15, -0.1) is 12.4 Å². The Morgan fingerprint density at radius 1 is 1.08 bits per heavy atom. The van der Waals surface area contributed by atoms with Crippen LogP contribution in [0.25, 0.3) is 0 Å². The number of benzene rings is 1. The van der Waals surface area contributed by atoms with Crippen LogP contribution in [-0.4, -0.2) is 37.7 Å². The maximum absolute atomic E-state index is 12.5. The summed E-state index contributed by atoms with van der Waals surface area (Å²) in [6, 6.07) is 7.65. The molecule has 6 heteroatoms. The van der Waals surface area contributed by atoms with Gasteiger partial charge in [0.25, 0.3) is 0 Å². The first-order valence-corrected chi connectivity index (χ1v) is 8.73. The Hall–Kier alpha value is -0.910. The molecule has 3 rings (SSSR count). The van der Waals surface area contributed by atoms with Gasteiger partial charge in [0, 0.05) is 32.2 Å². The molecule has 0 radical (unpaired) electrons. The van der Waals surface area contributed by atoms with Crippen molar-refractivity contribution >= 4 is 12.4 Å². The molecular weight excluding hydrogens is 334 g/mol. The van der Waals surface area contributed by atoms with E-state index in [4.69, 9.17) is 0 Å². The number of ether oxygens (including phenoxy) is 1. The van der Waals surface area contributed by atoms with Crippen molar-refractivity contribution in [3.05, 3.63) is 29.8 Å². The number of nitrogens with zero attached hydrogens (tertiary/aromatic N) is 1. The summed E-state index contributed by atoms with van der Waals surface area (Å²) in [5.41, 5.74) is 1.12. The lowest BCUT2D eigenvalue weighted by atomic mass is 9.80. The number of halogens is 3. The van der Waals surface area contributed by atoms with Crippen molar-refractivity contribution in [3.63, 3.8) is 0 Å². The minimum absolute atomic E-state index is 0. The Labute approximate surface area is 149 Å². The van der Waals surface area contributed by atoms with Crippen LogP contribution in [-0.2, 0) is 0 Å². The van der Waals surface area contributed by atoms with Crippen LogP contribution in [0.1, 0.15) is 43.7 Å². The van der Waals surface area contributed by atoms with Gasteiger partial charge in [-0.1, -0.05) is 31.4 Å². The molecule has 1 N–H and O–H groups in total. The monoisotopic (exact) mass is 360 g/mol. The van der Waals surface area contributed by atoms with Crippen molar-refractivity contribution in [2.45, 2.75) is 44.8 Å². The van der Waals surface area contributed by atoms with Crippen LogP contribution >= 0.6 is 12.4 Å². The third kappa shape index (κ3) is 5.04. The van der Waals surface area contributed by atoms with Gasteiger partial charge in [-0.2, -0.15) is 8.78 Å². The van der Waals surface area contributed by atoms with Crippen molar-refractivity contribution < 1.29 is 13.5 Å². The van der Waals surface area contributed by atoms with Gasteiger partial charge in [0.1, 0.15) is 5.75 Å². The summed E-state index contributed by atoms with van der Waals surface area (Å²) in [4.78, 5) is 2.52. The smallest absolute Gasteiger partial charge is 0.387 e. The van der Waals surface area contributed by atoms with E-state index in [1.165, 1.54) is 32.1 Å². The van der Waals surface area contributed by atoms with Gasteiger partial charge < -0.3 is 10.1 Å². The zero-order valence-corrected chi connectivity index (χ0v) is 14.7. The Kier molecular flexibility index (Phi) is 7.72. The molecule has 136 valence electrons. The molecule has 2 fully saturated rings. The molecule has 24 heavy (non-hydrogen) atoms. The summed E-state index contributed by atoms with van der Waals surface area (Å²) >= 11 is 0. The molecule has 0 bridgehead atoms. The van der Waals surface area contributed by atoms with E-state index >= 15 is 0 Å². The SMILES string of the molecule is Cl.FC(F)Oc1cccc([C@H](C2CCCCC2)N2CCNCC2)c1. The first kappa shape index (κ1) is 19.4. The minimum atomic E-state index is -2.77. The van der Waals surface area contributed by atoms with Crippen LogP contribution in [0, 0.1) is 5.92 Å². The van der Waals surface area contributed by atoms with Crippen LogP contribution in [0.15, 0.2) is 24.3 Å². The Balaban J connectivity index is 0.00000208. The van der Waals surface area contributed by atoms with E-state index in [9.17, 15) is 8.78 Å². The molecule has 1 saturated carbocycles. The number of piperazine rings is 1. The maximum atomic E-state index is 12.5. The first-order valence-electron chi connectivity index (χ1n) is 8.73. The normalized spacial score (nSPS) is 21.3. The van der Waals surface area contributed by atoms with E-state index in [0.29, 0.717) is 12.0 Å². The second-order valence-electron chi connectivity index (χ2n) is 6.58. The average Bonchev–Trinajstić information content (AvgIpc) is 2.57. The molecule has 1 aliphatic carbocycles. The molecule has 0 amide bonds. The highest BCUT2D eigenvalue weighted by Gasteiger charge is 2.31. The molecule has 1 aliphatic heterocycles. The molecular formula is C18H27ClF2N2O. The lowest BCUT2D eigenvalue weighted by Gasteiger charge is -2.41. The summed E-state index contributed by atoms with van der Waals surface area (Å²) in [6.45, 7) is 1.26.